The van der Waals surface area contributed by atoms with Gasteiger partial charge in [-0.1, -0.05) is 35.5 Å². The molecule has 3 fully saturated rings. The standard InChI is InChI=1S/C56H79F5N8O11/c1-41-63-65-52(69(41)48-38-46-10-11-47(39-48)68(46)18-14-51(42-6-3-2-4-7-42)62-55(71)43-12-16-56(60,61)17-13-43)9-5-8-45-40-67(66-64-45)19-21-73-23-25-75-27-29-77-31-33-79-35-34-78-32-30-76-28-26-74-24-22-72-20-15-53(70)80-54-49(58)36-44(57)37-50(54)59/h2-4,6-7,36-37,40,43,46-48,51H,5,8-35,38-39H2,1H3,(H,62,71)/t46?,47?,48?,51-/m0/s1. The lowest BCUT2D eigenvalue weighted by atomic mass is 9.86. The lowest BCUT2D eigenvalue weighted by Crippen LogP contribution is -2.45. The van der Waals surface area contributed by atoms with Crippen molar-refractivity contribution in [3.8, 4) is 5.75 Å². The Labute approximate surface area is 464 Å². The van der Waals surface area contributed by atoms with Crippen molar-refractivity contribution < 1.29 is 74.2 Å². The van der Waals surface area contributed by atoms with Gasteiger partial charge < -0.3 is 52.5 Å². The summed E-state index contributed by atoms with van der Waals surface area (Å²) in [6.07, 6.45) is 9.23. The van der Waals surface area contributed by atoms with Crippen molar-refractivity contribution in [1.29, 1.82) is 0 Å². The molecule has 2 aromatic carbocycles. The lowest BCUT2D eigenvalue weighted by Gasteiger charge is -2.40. The molecule has 2 saturated heterocycles. The summed E-state index contributed by atoms with van der Waals surface area (Å²) >= 11 is 0. The summed E-state index contributed by atoms with van der Waals surface area (Å²) in [5.74, 6) is -6.79. The van der Waals surface area contributed by atoms with E-state index in [0.29, 0.717) is 123 Å². The van der Waals surface area contributed by atoms with Crippen molar-refractivity contribution >= 4 is 11.9 Å². The summed E-state index contributed by atoms with van der Waals surface area (Å²) in [7, 11) is 0. The van der Waals surface area contributed by atoms with Gasteiger partial charge in [-0.05, 0) is 70.3 Å². The highest BCUT2D eigenvalue weighted by atomic mass is 19.3. The molecule has 0 radical (unpaired) electrons. The zero-order chi connectivity index (χ0) is 56.4. The molecule has 1 amide bonds. The van der Waals surface area contributed by atoms with Crippen LogP contribution in [0.1, 0.15) is 106 Å². The van der Waals surface area contributed by atoms with E-state index < -0.39 is 35.1 Å². The molecule has 4 heterocycles. The van der Waals surface area contributed by atoms with E-state index in [0.717, 1.165) is 80.8 Å². The molecule has 4 aromatic rings. The third-order valence-corrected chi connectivity index (χ3v) is 14.6. The average Bonchev–Trinajstić information content (AvgIpc) is 4.13. The second kappa shape index (κ2) is 33.8. The third-order valence-electron chi connectivity index (χ3n) is 14.6. The number of fused-ring (bicyclic) bond motifs is 2. The number of nitrogens with zero attached hydrogens (tertiary/aromatic N) is 7. The minimum atomic E-state index is -2.67. The largest absolute Gasteiger partial charge is 0.420 e. The predicted molar refractivity (Wildman–Crippen MR) is 281 cm³/mol. The van der Waals surface area contributed by atoms with Crippen LogP contribution in [0.15, 0.2) is 48.7 Å². The highest BCUT2D eigenvalue weighted by Gasteiger charge is 2.43. The first-order chi connectivity index (χ1) is 38.9. The fourth-order valence-corrected chi connectivity index (χ4v) is 10.5. The second-order valence-electron chi connectivity index (χ2n) is 20.3. The maximum absolute atomic E-state index is 13.9. The first kappa shape index (κ1) is 62.5. The molecule has 0 spiro atoms. The number of hydrogen-bond donors (Lipinski definition) is 1. The molecule has 3 aliphatic rings. The number of ether oxygens (including phenoxy) is 9. The number of nitrogens with one attached hydrogen (secondary N) is 1. The van der Waals surface area contributed by atoms with Gasteiger partial charge in [0.15, 0.2) is 11.6 Å². The Morgan fingerprint density at radius 1 is 0.662 bits per heavy atom. The zero-order valence-corrected chi connectivity index (χ0v) is 45.9. The van der Waals surface area contributed by atoms with Gasteiger partial charge in [0.05, 0.1) is 130 Å². The fourth-order valence-electron chi connectivity index (χ4n) is 10.5. The van der Waals surface area contributed by atoms with E-state index >= 15 is 0 Å². The molecule has 3 atom stereocenters. The Hall–Kier alpha value is -5.05. The van der Waals surface area contributed by atoms with Crippen LogP contribution in [-0.2, 0) is 66.9 Å². The minimum Gasteiger partial charge on any atom is -0.420 e. The number of halogens is 5. The Morgan fingerprint density at radius 2 is 1.20 bits per heavy atom. The molecule has 7 rings (SSSR count). The topological polar surface area (TPSA) is 194 Å². The quantitative estimate of drug-likeness (QED) is 0.0205. The Bertz CT molecular complexity index is 2400. The Morgan fingerprint density at radius 3 is 1.76 bits per heavy atom. The summed E-state index contributed by atoms with van der Waals surface area (Å²) in [6.45, 7) is 9.33. The van der Waals surface area contributed by atoms with Gasteiger partial charge in [0, 0.05) is 68.2 Å². The predicted octanol–water partition coefficient (Wildman–Crippen LogP) is 7.14. The molecule has 80 heavy (non-hydrogen) atoms. The number of rotatable bonds is 39. The van der Waals surface area contributed by atoms with E-state index in [1.165, 1.54) is 0 Å². The highest BCUT2D eigenvalue weighted by molar-refractivity contribution is 5.79. The van der Waals surface area contributed by atoms with Crippen LogP contribution in [0.25, 0.3) is 0 Å². The number of hydrogen-bond acceptors (Lipinski definition) is 16. The van der Waals surface area contributed by atoms with Gasteiger partial charge >= 0.3 is 5.97 Å². The molecule has 1 saturated carbocycles. The van der Waals surface area contributed by atoms with Crippen LogP contribution in [0, 0.1) is 30.3 Å². The van der Waals surface area contributed by atoms with Crippen LogP contribution in [-0.4, -0.2) is 177 Å². The second-order valence-corrected chi connectivity index (χ2v) is 20.3. The van der Waals surface area contributed by atoms with Crippen molar-refractivity contribution in [2.45, 2.75) is 127 Å². The molecule has 2 aromatic heterocycles. The fraction of sp³-hybridized carbons (Fsp3) is 0.679. The number of amides is 1. The zero-order valence-electron chi connectivity index (χ0n) is 45.9. The van der Waals surface area contributed by atoms with Gasteiger partial charge in [-0.3, -0.25) is 14.5 Å². The van der Waals surface area contributed by atoms with Crippen LogP contribution >= 0.6 is 0 Å². The molecule has 19 nitrogen and oxygen atoms in total. The van der Waals surface area contributed by atoms with E-state index in [1.54, 1.807) is 4.68 Å². The molecule has 1 N–H and O–H groups in total. The van der Waals surface area contributed by atoms with Crippen molar-refractivity contribution in [3.05, 3.63) is 89.0 Å². The van der Waals surface area contributed by atoms with E-state index in [9.17, 15) is 31.5 Å². The summed E-state index contributed by atoms with van der Waals surface area (Å²) in [4.78, 5) is 27.7. The maximum Gasteiger partial charge on any atom is 0.313 e. The van der Waals surface area contributed by atoms with E-state index in [2.05, 4.69) is 40.0 Å². The molecule has 2 aliphatic heterocycles. The number of benzene rings is 2. The maximum atomic E-state index is 13.9. The number of carbonyl (C=O) groups is 2. The molecule has 24 heteroatoms. The number of alkyl halides is 2. The molecule has 2 bridgehead atoms. The Balaban J connectivity index is 0.638. The number of aromatic nitrogens is 6. The third kappa shape index (κ3) is 21.0. The number of carbonyl (C=O) groups excluding carboxylic acids is 2. The summed E-state index contributed by atoms with van der Waals surface area (Å²) in [6, 6.07) is 11.9. The lowest BCUT2D eigenvalue weighted by molar-refractivity contribution is -0.136. The molecular formula is C56H79F5N8O11. The monoisotopic (exact) mass is 1130 g/mol. The van der Waals surface area contributed by atoms with Gasteiger partial charge in [0.1, 0.15) is 17.5 Å². The van der Waals surface area contributed by atoms with Crippen LogP contribution < -0.4 is 10.1 Å². The van der Waals surface area contributed by atoms with Gasteiger partial charge in [0.25, 0.3) is 0 Å². The van der Waals surface area contributed by atoms with Gasteiger partial charge in [-0.15, -0.1) is 15.3 Å². The highest BCUT2D eigenvalue weighted by Crippen LogP contribution is 2.42. The van der Waals surface area contributed by atoms with Crippen LogP contribution in [0.5, 0.6) is 5.75 Å². The average molecular weight is 1140 g/mol. The van der Waals surface area contributed by atoms with Crippen LogP contribution in [0.3, 0.4) is 0 Å². The van der Waals surface area contributed by atoms with Gasteiger partial charge in [-0.25, -0.2) is 26.6 Å². The van der Waals surface area contributed by atoms with Crippen LogP contribution in [0.4, 0.5) is 22.0 Å². The van der Waals surface area contributed by atoms with Gasteiger partial charge in [-0.2, -0.15) is 0 Å². The van der Waals surface area contributed by atoms with Crippen molar-refractivity contribution in [1.82, 2.24) is 40.0 Å². The summed E-state index contributed by atoms with van der Waals surface area (Å²) in [5.41, 5.74) is 1.97. The van der Waals surface area contributed by atoms with E-state index in [1.807, 2.05) is 43.5 Å². The Kier molecular flexibility index (Phi) is 26.4. The minimum absolute atomic E-state index is 0.0456. The number of piperidine rings is 1. The number of aryl methyl sites for hydroxylation is 3. The molecule has 444 valence electrons. The molecule has 2 unspecified atom stereocenters. The SMILES string of the molecule is Cc1nnc(CCCc2cn(CCOCCOCCOCCOCCOCCOCCOCCOCCC(=O)Oc3c(F)cc(F)cc3F)nn2)n1C1CC2CCC(C1)N2CC[C@H](NC(=O)C1CCC(F)(F)CC1)c1ccccc1. The van der Waals surface area contributed by atoms with Crippen molar-refractivity contribution in [2.24, 2.45) is 5.92 Å². The van der Waals surface area contributed by atoms with E-state index in [4.69, 9.17) is 37.9 Å². The van der Waals surface area contributed by atoms with Crippen molar-refractivity contribution in [3.63, 3.8) is 0 Å². The first-order valence-corrected chi connectivity index (χ1v) is 28.2. The smallest absolute Gasteiger partial charge is 0.313 e. The number of esters is 1. The van der Waals surface area contributed by atoms with E-state index in [-0.39, 0.29) is 69.8 Å². The normalized spacial score (nSPS) is 18.7. The summed E-state index contributed by atoms with van der Waals surface area (Å²) in [5, 5.41) is 21.1. The first-order valence-electron chi connectivity index (χ1n) is 28.2. The molecule has 1 aliphatic carbocycles. The van der Waals surface area contributed by atoms with Crippen LogP contribution in [0.2, 0.25) is 0 Å². The van der Waals surface area contributed by atoms with Crippen molar-refractivity contribution in [2.75, 3.05) is 112 Å². The summed E-state index contributed by atoms with van der Waals surface area (Å²) < 4.78 is 121. The molecular weight excluding hydrogens is 1060 g/mol. The van der Waals surface area contributed by atoms with Gasteiger partial charge in [0.2, 0.25) is 17.6 Å².